The first kappa shape index (κ1) is 15.7. The fourth-order valence-electron chi connectivity index (χ4n) is 1.87. The van der Waals surface area contributed by atoms with E-state index in [1.54, 1.807) is 12.1 Å². The van der Waals surface area contributed by atoms with Crippen molar-refractivity contribution < 1.29 is 19.5 Å². The monoisotopic (exact) mass is 319 g/mol. The zero-order chi connectivity index (χ0) is 16.3. The van der Waals surface area contributed by atoms with Gasteiger partial charge in [-0.1, -0.05) is 23.7 Å². The zero-order valence-corrected chi connectivity index (χ0v) is 12.3. The van der Waals surface area contributed by atoms with Crippen molar-refractivity contribution in [1.29, 1.82) is 0 Å². The quantitative estimate of drug-likeness (QED) is 0.846. The van der Waals surface area contributed by atoms with Gasteiger partial charge in [0.1, 0.15) is 5.02 Å². The second kappa shape index (κ2) is 6.36. The Hall–Kier alpha value is -2.73. The van der Waals surface area contributed by atoms with Gasteiger partial charge in [-0.25, -0.2) is 4.79 Å². The van der Waals surface area contributed by atoms with Crippen LogP contribution in [-0.4, -0.2) is 28.8 Å². The van der Waals surface area contributed by atoms with Gasteiger partial charge in [0.25, 0.3) is 11.6 Å². The molecule has 2 aromatic carbocycles. The molecule has 2 rings (SSSR count). The number of amides is 1. The lowest BCUT2D eigenvalue weighted by Gasteiger charge is -2.08. The lowest BCUT2D eigenvalue weighted by atomic mass is 10.1. The van der Waals surface area contributed by atoms with Gasteiger partial charge in [0, 0.05) is 21.3 Å². The van der Waals surface area contributed by atoms with Crippen LogP contribution in [0, 0.1) is 4.91 Å². The van der Waals surface area contributed by atoms with Crippen molar-refractivity contribution in [2.45, 2.75) is 0 Å². The number of hydrogen-bond acceptors (Lipinski definition) is 3. The summed E-state index contributed by atoms with van der Waals surface area (Å²) in [6.45, 7) is 0. The lowest BCUT2D eigenvalue weighted by molar-refractivity contribution is -0.428. The Morgan fingerprint density at radius 3 is 2.50 bits per heavy atom. The highest BCUT2D eigenvalue weighted by Crippen LogP contribution is 2.25. The van der Waals surface area contributed by atoms with Gasteiger partial charge in [-0.2, -0.15) is 0 Å². The van der Waals surface area contributed by atoms with E-state index in [0.29, 0.717) is 4.76 Å². The van der Waals surface area contributed by atoms with E-state index in [0.717, 1.165) is 0 Å². The summed E-state index contributed by atoms with van der Waals surface area (Å²) in [5, 5.41) is 11.8. The zero-order valence-electron chi connectivity index (χ0n) is 11.5. The highest BCUT2D eigenvalue weighted by atomic mass is 35.5. The van der Waals surface area contributed by atoms with Crippen molar-refractivity contribution in [2.75, 3.05) is 12.4 Å². The van der Waals surface area contributed by atoms with E-state index >= 15 is 0 Å². The Morgan fingerprint density at radius 1 is 1.18 bits per heavy atom. The van der Waals surface area contributed by atoms with Crippen LogP contribution in [0.15, 0.2) is 42.5 Å². The highest BCUT2D eigenvalue weighted by Gasteiger charge is 2.18. The number of nitroso groups, excluding NO2 is 1. The maximum atomic E-state index is 12.2. The Bertz CT molecular complexity index is 774. The Morgan fingerprint density at radius 2 is 1.86 bits per heavy atom. The van der Waals surface area contributed by atoms with Crippen LogP contribution >= 0.6 is 11.6 Å². The molecule has 2 N–H and O–H groups in total. The number of rotatable bonds is 4. The Kier molecular flexibility index (Phi) is 4.53. The van der Waals surface area contributed by atoms with Crippen LogP contribution in [0.1, 0.15) is 20.7 Å². The molecule has 2 aromatic rings. The summed E-state index contributed by atoms with van der Waals surface area (Å²) in [4.78, 5) is 34.7. The number of aromatic carboxylic acids is 1. The SMILES string of the molecule is C[N+](=O)c1cc(C(=O)Nc2ccccc2C(=O)O)ccc1Cl. The van der Waals surface area contributed by atoms with Crippen LogP contribution in [0.3, 0.4) is 0 Å². The number of carboxylic acid groups (broad SMARTS) is 1. The molecule has 0 saturated heterocycles. The number of benzene rings is 2. The number of carboxylic acids is 1. The van der Waals surface area contributed by atoms with E-state index in [1.807, 2.05) is 0 Å². The maximum absolute atomic E-state index is 12.2. The minimum atomic E-state index is -1.15. The molecule has 0 aliphatic heterocycles. The summed E-state index contributed by atoms with van der Waals surface area (Å²) >= 11 is 5.87. The molecule has 0 bridgehead atoms. The molecule has 6 nitrogen and oxygen atoms in total. The molecule has 0 saturated carbocycles. The van der Waals surface area contributed by atoms with Gasteiger partial charge < -0.3 is 10.4 Å². The number of halogens is 1. The van der Waals surface area contributed by atoms with Crippen molar-refractivity contribution >= 4 is 34.9 Å². The average molecular weight is 320 g/mol. The third-order valence-electron chi connectivity index (χ3n) is 2.95. The molecule has 22 heavy (non-hydrogen) atoms. The van der Waals surface area contributed by atoms with E-state index in [4.69, 9.17) is 16.7 Å². The van der Waals surface area contributed by atoms with Crippen LogP contribution in [0.5, 0.6) is 0 Å². The smallest absolute Gasteiger partial charge is 0.337 e. The third kappa shape index (κ3) is 3.29. The largest absolute Gasteiger partial charge is 0.478 e. The number of hydrogen-bond donors (Lipinski definition) is 2. The van der Waals surface area contributed by atoms with Crippen LogP contribution < -0.4 is 5.32 Å². The number of nitrogens with one attached hydrogen (secondary N) is 1. The second-order valence-electron chi connectivity index (χ2n) is 4.47. The normalized spacial score (nSPS) is 10.1. The first-order valence-electron chi connectivity index (χ1n) is 6.24. The molecular formula is C15H12ClN2O4+. The summed E-state index contributed by atoms with van der Waals surface area (Å²) in [6.07, 6.45) is 0. The number of carbonyl (C=O) groups is 2. The summed E-state index contributed by atoms with van der Waals surface area (Å²) in [5.74, 6) is -1.68. The lowest BCUT2D eigenvalue weighted by Crippen LogP contribution is -2.15. The van der Waals surface area contributed by atoms with E-state index in [1.165, 1.54) is 37.4 Å². The van der Waals surface area contributed by atoms with Crippen LogP contribution in [0.4, 0.5) is 11.4 Å². The molecule has 0 spiro atoms. The van der Waals surface area contributed by atoms with Gasteiger partial charge >= 0.3 is 5.97 Å². The van der Waals surface area contributed by atoms with Crippen molar-refractivity contribution in [3.8, 4) is 0 Å². The van der Waals surface area contributed by atoms with Gasteiger partial charge in [0.05, 0.1) is 11.3 Å². The fourth-order valence-corrected chi connectivity index (χ4v) is 2.10. The predicted octanol–water partition coefficient (Wildman–Crippen LogP) is 3.33. The number of carbonyl (C=O) groups excluding carboxylic acids is 1. The van der Waals surface area contributed by atoms with E-state index in [-0.39, 0.29) is 27.5 Å². The third-order valence-corrected chi connectivity index (χ3v) is 3.27. The van der Waals surface area contributed by atoms with Crippen LogP contribution in [-0.2, 0) is 0 Å². The standard InChI is InChI=1S/C15H11ClN2O4/c1-18(22)13-8-9(6-7-11(13)16)14(19)17-12-5-3-2-4-10(12)15(20)21/h2-8H,1H3,(H-,17,19,20,21)/p+1. The highest BCUT2D eigenvalue weighted by molar-refractivity contribution is 6.32. The minimum absolute atomic E-state index is 0.0222. The van der Waals surface area contributed by atoms with Crippen molar-refractivity contribution in [3.63, 3.8) is 0 Å². The number of para-hydroxylation sites is 1. The summed E-state index contributed by atoms with van der Waals surface area (Å²) < 4.78 is 0.546. The average Bonchev–Trinajstić information content (AvgIpc) is 2.47. The maximum Gasteiger partial charge on any atom is 0.337 e. The van der Waals surface area contributed by atoms with Gasteiger partial charge in [0.15, 0.2) is 7.05 Å². The summed E-state index contributed by atoms with van der Waals surface area (Å²) in [6, 6.07) is 10.3. The number of anilines is 1. The molecule has 0 aliphatic carbocycles. The topological polar surface area (TPSA) is 86.5 Å². The molecule has 0 fully saturated rings. The number of nitrogens with zero attached hydrogens (tertiary/aromatic N) is 1. The van der Waals surface area contributed by atoms with Crippen LogP contribution in [0.2, 0.25) is 5.02 Å². The van der Waals surface area contributed by atoms with Gasteiger partial charge in [-0.15, -0.1) is 0 Å². The molecule has 0 aliphatic rings. The first-order chi connectivity index (χ1) is 10.4. The van der Waals surface area contributed by atoms with Crippen molar-refractivity contribution in [3.05, 3.63) is 63.5 Å². The molecular weight excluding hydrogens is 308 g/mol. The molecule has 1 amide bonds. The second-order valence-corrected chi connectivity index (χ2v) is 4.88. The molecule has 7 heteroatoms. The van der Waals surface area contributed by atoms with Crippen molar-refractivity contribution in [1.82, 2.24) is 0 Å². The summed E-state index contributed by atoms with van der Waals surface area (Å²) in [5.41, 5.74) is 0.501. The fraction of sp³-hybridized carbons (Fsp3) is 0.0667. The minimum Gasteiger partial charge on any atom is -0.478 e. The molecule has 0 atom stereocenters. The Balaban J connectivity index is 2.33. The molecule has 0 unspecified atom stereocenters. The Labute approximate surface area is 130 Å². The molecule has 0 radical (unpaired) electrons. The van der Waals surface area contributed by atoms with Crippen molar-refractivity contribution in [2.24, 2.45) is 0 Å². The predicted molar refractivity (Wildman–Crippen MR) is 82.0 cm³/mol. The van der Waals surface area contributed by atoms with Gasteiger partial charge in [-0.3, -0.25) is 4.79 Å². The summed E-state index contributed by atoms with van der Waals surface area (Å²) in [7, 11) is 1.27. The van der Waals surface area contributed by atoms with E-state index in [9.17, 15) is 14.5 Å². The molecule has 112 valence electrons. The van der Waals surface area contributed by atoms with E-state index < -0.39 is 11.9 Å². The molecule has 0 heterocycles. The van der Waals surface area contributed by atoms with Crippen LogP contribution in [0.25, 0.3) is 0 Å². The molecule has 0 aromatic heterocycles. The van der Waals surface area contributed by atoms with E-state index in [2.05, 4.69) is 5.32 Å². The van der Waals surface area contributed by atoms with Gasteiger partial charge in [-0.05, 0) is 24.3 Å². The van der Waals surface area contributed by atoms with Gasteiger partial charge in [0.2, 0.25) is 0 Å². The first-order valence-corrected chi connectivity index (χ1v) is 6.62.